The first-order chi connectivity index (χ1) is 8.38. The molecule has 0 aromatic heterocycles. The fraction of sp³-hybridized carbons (Fsp3) is 0.231. The number of hydrogen-bond acceptors (Lipinski definition) is 4. The van der Waals surface area contributed by atoms with Crippen molar-refractivity contribution in [2.24, 2.45) is 10.7 Å². The zero-order valence-corrected chi connectivity index (χ0v) is 12.3. The van der Waals surface area contributed by atoms with Crippen molar-refractivity contribution in [1.82, 2.24) is 0 Å². The number of carbonyl (C=O) groups excluding carboxylic acids is 1. The Labute approximate surface area is 117 Å². The average molecular weight is 285 g/mol. The minimum absolute atomic E-state index is 0.0957. The number of thioether (sulfide) groups is 1. The van der Waals surface area contributed by atoms with Gasteiger partial charge in [0.25, 0.3) is 0 Å². The second kappa shape index (κ2) is 8.78. The van der Waals surface area contributed by atoms with Crippen LogP contribution in [-0.2, 0) is 4.79 Å². The monoisotopic (exact) mass is 284 g/mol. The van der Waals surface area contributed by atoms with Gasteiger partial charge in [0.15, 0.2) is 5.78 Å². The van der Waals surface area contributed by atoms with Gasteiger partial charge in [0, 0.05) is 28.6 Å². The number of nitrogens with two attached hydrogens (primary N) is 1. The molecule has 98 valence electrons. The molecule has 0 spiro atoms. The Bertz CT molecular complexity index is 448. The summed E-state index contributed by atoms with van der Waals surface area (Å²) in [6.07, 6.45) is 6.56. The fourth-order valence-electron chi connectivity index (χ4n) is 0.909. The quantitative estimate of drug-likeness (QED) is 0.597. The van der Waals surface area contributed by atoms with Gasteiger partial charge >= 0.3 is 0 Å². The SMILES string of the molecule is C=C(N)/C(Cl)=C(\C=C/C)S/C(C)=C/N=CC(C)=O. The lowest BCUT2D eigenvalue weighted by molar-refractivity contribution is -0.110. The number of hydrogen-bond donors (Lipinski definition) is 1. The van der Waals surface area contributed by atoms with Crippen molar-refractivity contribution in [2.45, 2.75) is 20.8 Å². The van der Waals surface area contributed by atoms with Crippen molar-refractivity contribution in [3.8, 4) is 0 Å². The smallest absolute Gasteiger partial charge is 0.170 e. The Balaban J connectivity index is 4.97. The third kappa shape index (κ3) is 7.14. The number of aliphatic imine (C=N–C) groups is 1. The normalized spacial score (nSPS) is 14.1. The first kappa shape index (κ1) is 16.7. The molecule has 0 aromatic carbocycles. The van der Waals surface area contributed by atoms with Crippen LogP contribution in [0.3, 0.4) is 0 Å². The van der Waals surface area contributed by atoms with E-state index in [4.69, 9.17) is 17.3 Å². The molecule has 0 aliphatic heterocycles. The topological polar surface area (TPSA) is 55.4 Å². The summed E-state index contributed by atoms with van der Waals surface area (Å²) >= 11 is 7.47. The molecule has 0 heterocycles. The molecular weight excluding hydrogens is 268 g/mol. The zero-order chi connectivity index (χ0) is 14.1. The van der Waals surface area contributed by atoms with Crippen molar-refractivity contribution < 1.29 is 4.79 Å². The molecule has 18 heavy (non-hydrogen) atoms. The van der Waals surface area contributed by atoms with Gasteiger partial charge in [0.2, 0.25) is 0 Å². The largest absolute Gasteiger partial charge is 0.398 e. The molecule has 0 aliphatic carbocycles. The molecule has 0 amide bonds. The Kier molecular flexibility index (Phi) is 8.16. The zero-order valence-electron chi connectivity index (χ0n) is 10.7. The molecular formula is C13H17ClN2OS. The van der Waals surface area contributed by atoms with E-state index in [-0.39, 0.29) is 5.78 Å². The molecule has 0 unspecified atom stereocenters. The number of carbonyl (C=O) groups is 1. The van der Waals surface area contributed by atoms with Crippen molar-refractivity contribution in [3.63, 3.8) is 0 Å². The highest BCUT2D eigenvalue weighted by Crippen LogP contribution is 2.31. The van der Waals surface area contributed by atoms with Crippen LogP contribution in [0, 0.1) is 0 Å². The Morgan fingerprint density at radius 2 is 2.06 bits per heavy atom. The number of halogens is 1. The summed E-state index contributed by atoms with van der Waals surface area (Å²) in [6.45, 7) is 8.80. The molecule has 0 saturated heterocycles. The second-order valence-electron chi connectivity index (χ2n) is 3.43. The molecule has 0 radical (unpaired) electrons. The van der Waals surface area contributed by atoms with E-state index in [9.17, 15) is 4.79 Å². The summed E-state index contributed by atoms with van der Waals surface area (Å²) in [5.74, 6) is -0.0957. The molecule has 0 aliphatic rings. The van der Waals surface area contributed by atoms with E-state index in [1.165, 1.54) is 24.9 Å². The van der Waals surface area contributed by atoms with E-state index in [2.05, 4.69) is 11.6 Å². The summed E-state index contributed by atoms with van der Waals surface area (Å²) in [5.41, 5.74) is 5.87. The predicted molar refractivity (Wildman–Crippen MR) is 81.5 cm³/mol. The van der Waals surface area contributed by atoms with Crippen LogP contribution in [0.2, 0.25) is 0 Å². The number of allylic oxidation sites excluding steroid dienone is 4. The average Bonchev–Trinajstić information content (AvgIpc) is 2.26. The summed E-state index contributed by atoms with van der Waals surface area (Å²) in [6, 6.07) is 0. The highest BCUT2D eigenvalue weighted by Gasteiger charge is 2.04. The maximum absolute atomic E-state index is 10.7. The molecule has 2 N–H and O–H groups in total. The van der Waals surface area contributed by atoms with Crippen molar-refractivity contribution >= 4 is 35.4 Å². The molecule has 0 aromatic rings. The van der Waals surface area contributed by atoms with Gasteiger partial charge in [-0.1, -0.05) is 42.1 Å². The minimum Gasteiger partial charge on any atom is -0.398 e. The molecule has 5 heteroatoms. The summed E-state index contributed by atoms with van der Waals surface area (Å²) in [7, 11) is 0. The van der Waals surface area contributed by atoms with Crippen LogP contribution >= 0.6 is 23.4 Å². The van der Waals surface area contributed by atoms with Crippen LogP contribution in [-0.4, -0.2) is 12.0 Å². The summed E-state index contributed by atoms with van der Waals surface area (Å²) < 4.78 is 0. The standard InChI is InChI=1S/C13H17ClN2OS/c1-5-6-12(13(14)11(4)15)18-10(3)8-16-7-9(2)17/h5-8H,4,15H2,1-3H3/b6-5-,10-8+,13-12-,16-7?. The van der Waals surface area contributed by atoms with Crippen molar-refractivity contribution in [3.05, 3.63) is 45.5 Å². The molecule has 0 atom stereocenters. The number of ketones is 1. The van der Waals surface area contributed by atoms with Gasteiger partial charge in [-0.15, -0.1) is 0 Å². The van der Waals surface area contributed by atoms with E-state index in [1.54, 1.807) is 6.20 Å². The van der Waals surface area contributed by atoms with E-state index in [1.807, 2.05) is 26.0 Å². The van der Waals surface area contributed by atoms with Gasteiger partial charge in [-0.05, 0) is 13.8 Å². The first-order valence-electron chi connectivity index (χ1n) is 5.24. The lowest BCUT2D eigenvalue weighted by atomic mass is 10.4. The summed E-state index contributed by atoms with van der Waals surface area (Å²) in [5, 5.41) is 0.418. The van der Waals surface area contributed by atoms with Gasteiger partial charge in [-0.3, -0.25) is 9.79 Å². The van der Waals surface area contributed by atoms with Crippen molar-refractivity contribution in [1.29, 1.82) is 0 Å². The maximum atomic E-state index is 10.7. The Morgan fingerprint density at radius 3 is 2.50 bits per heavy atom. The third-order valence-electron chi connectivity index (χ3n) is 1.60. The van der Waals surface area contributed by atoms with Gasteiger partial charge < -0.3 is 5.73 Å². The lowest BCUT2D eigenvalue weighted by Crippen LogP contribution is -1.96. The van der Waals surface area contributed by atoms with Gasteiger partial charge in [-0.2, -0.15) is 0 Å². The van der Waals surface area contributed by atoms with Crippen LogP contribution < -0.4 is 5.73 Å². The Hall–Kier alpha value is -1.26. The predicted octanol–water partition coefficient (Wildman–Crippen LogP) is 3.74. The highest BCUT2D eigenvalue weighted by atomic mass is 35.5. The number of rotatable bonds is 6. The Morgan fingerprint density at radius 1 is 1.44 bits per heavy atom. The van der Waals surface area contributed by atoms with Gasteiger partial charge in [-0.25, -0.2) is 0 Å². The molecule has 0 fully saturated rings. The van der Waals surface area contributed by atoms with Gasteiger partial charge in [0.1, 0.15) is 0 Å². The first-order valence-corrected chi connectivity index (χ1v) is 6.43. The summed E-state index contributed by atoms with van der Waals surface area (Å²) in [4.78, 5) is 16.3. The van der Waals surface area contributed by atoms with E-state index in [0.717, 1.165) is 9.81 Å². The molecule has 0 saturated carbocycles. The maximum Gasteiger partial charge on any atom is 0.170 e. The number of nitrogens with zero attached hydrogens (tertiary/aromatic N) is 1. The van der Waals surface area contributed by atoms with E-state index in [0.29, 0.717) is 10.7 Å². The van der Waals surface area contributed by atoms with Gasteiger partial charge in [0.05, 0.1) is 11.2 Å². The van der Waals surface area contributed by atoms with Crippen LogP contribution in [0.5, 0.6) is 0 Å². The van der Waals surface area contributed by atoms with Crippen LogP contribution in [0.15, 0.2) is 50.5 Å². The minimum atomic E-state index is -0.0957. The second-order valence-corrected chi connectivity index (χ2v) is 5.10. The van der Waals surface area contributed by atoms with Crippen LogP contribution in [0.25, 0.3) is 0 Å². The van der Waals surface area contributed by atoms with Crippen LogP contribution in [0.1, 0.15) is 20.8 Å². The highest BCUT2D eigenvalue weighted by molar-refractivity contribution is 8.06. The lowest BCUT2D eigenvalue weighted by Gasteiger charge is -2.05. The third-order valence-corrected chi connectivity index (χ3v) is 3.15. The molecule has 0 bridgehead atoms. The van der Waals surface area contributed by atoms with E-state index < -0.39 is 0 Å². The van der Waals surface area contributed by atoms with E-state index >= 15 is 0 Å². The fourth-order valence-corrected chi connectivity index (χ4v) is 1.97. The van der Waals surface area contributed by atoms with Crippen LogP contribution in [0.4, 0.5) is 0 Å². The molecule has 3 nitrogen and oxygen atoms in total. The van der Waals surface area contributed by atoms with Crippen molar-refractivity contribution in [2.75, 3.05) is 0 Å². The molecule has 0 rings (SSSR count). The number of Topliss-reactive ketones (excluding diaryl/α,β-unsaturated/α-hetero) is 1.